The third-order valence-corrected chi connectivity index (χ3v) is 5.58. The molecule has 7 nitrogen and oxygen atoms in total. The van der Waals surface area contributed by atoms with Gasteiger partial charge in [-0.2, -0.15) is 0 Å². The minimum atomic E-state index is -4.23. The van der Waals surface area contributed by atoms with Crippen LogP contribution in [-0.2, 0) is 23.0 Å². The molecule has 2 aromatic rings. The maximum absolute atomic E-state index is 12.0. The maximum atomic E-state index is 12.0. The van der Waals surface area contributed by atoms with Crippen LogP contribution >= 0.6 is 24.2 Å². The number of thiol groups is 1. The van der Waals surface area contributed by atoms with Crippen molar-refractivity contribution in [3.05, 3.63) is 40.3 Å². The summed E-state index contributed by atoms with van der Waals surface area (Å²) < 4.78 is 29.1. The molecule has 0 amide bonds. The second kappa shape index (κ2) is 7.69. The first-order valence-corrected chi connectivity index (χ1v) is 9.65. The van der Waals surface area contributed by atoms with Gasteiger partial charge >= 0.3 is 5.97 Å². The number of sulfonamides is 1. The zero-order valence-corrected chi connectivity index (χ0v) is 15.7. The average Bonchev–Trinajstić information content (AvgIpc) is 3.01. The van der Waals surface area contributed by atoms with E-state index in [9.17, 15) is 18.3 Å². The molecule has 0 fully saturated rings. The summed E-state index contributed by atoms with van der Waals surface area (Å²) in [7, 11) is -4.23. The monoisotopic (exact) mass is 404 g/mol. The van der Waals surface area contributed by atoms with Crippen molar-refractivity contribution in [1.82, 2.24) is 0 Å². The van der Waals surface area contributed by atoms with Crippen LogP contribution in [0.25, 0.3) is 0 Å². The number of hydrogen-bond donors (Lipinski definition) is 4. The molecule has 0 atom stereocenters. The first-order valence-electron chi connectivity index (χ1n) is 7.28. The van der Waals surface area contributed by atoms with Crippen molar-refractivity contribution in [1.29, 1.82) is 0 Å². The fourth-order valence-electron chi connectivity index (χ4n) is 2.51. The quantitative estimate of drug-likeness (QED) is 0.526. The van der Waals surface area contributed by atoms with Crippen molar-refractivity contribution in [3.8, 4) is 0 Å². The van der Waals surface area contributed by atoms with Crippen molar-refractivity contribution in [2.75, 3.05) is 5.32 Å². The van der Waals surface area contributed by atoms with E-state index in [-0.39, 0.29) is 39.7 Å². The third-order valence-electron chi connectivity index (χ3n) is 3.49. The van der Waals surface area contributed by atoms with Crippen LogP contribution in [0.2, 0.25) is 5.02 Å². The van der Waals surface area contributed by atoms with E-state index in [2.05, 4.69) is 17.9 Å². The molecule has 0 saturated carbocycles. The fourth-order valence-corrected chi connectivity index (χ4v) is 4.32. The predicted octanol–water partition coefficient (Wildman–Crippen LogP) is 3.13. The van der Waals surface area contributed by atoms with Gasteiger partial charge in [0.05, 0.1) is 29.1 Å². The molecule has 0 bridgehead atoms. The van der Waals surface area contributed by atoms with Gasteiger partial charge in [0.1, 0.15) is 10.7 Å². The number of carboxylic acid groups (broad SMARTS) is 1. The number of primary sulfonamides is 1. The number of aromatic carboxylic acids is 1. The number of carbonyl (C=O) groups is 1. The lowest BCUT2D eigenvalue weighted by Gasteiger charge is -2.20. The van der Waals surface area contributed by atoms with E-state index in [0.29, 0.717) is 12.2 Å². The van der Waals surface area contributed by atoms with Gasteiger partial charge in [-0.05, 0) is 24.1 Å². The summed E-state index contributed by atoms with van der Waals surface area (Å²) in [5.74, 6) is -0.741. The summed E-state index contributed by atoms with van der Waals surface area (Å²) in [6.45, 7) is 1.97. The van der Waals surface area contributed by atoms with Crippen LogP contribution in [0.4, 0.5) is 5.69 Å². The SMILES string of the molecule is CCCc1c(C(=O)O)c(NCc2ccco2)c(S)c(Cl)c1S(N)(=O)=O. The summed E-state index contributed by atoms with van der Waals surface area (Å²) in [6.07, 6.45) is 2.16. The molecule has 0 saturated heterocycles. The normalized spacial score (nSPS) is 11.5. The highest BCUT2D eigenvalue weighted by Crippen LogP contribution is 2.41. The van der Waals surface area contributed by atoms with Crippen LogP contribution in [0.5, 0.6) is 0 Å². The Bertz CT molecular complexity index is 895. The van der Waals surface area contributed by atoms with E-state index < -0.39 is 20.9 Å². The Labute approximate surface area is 155 Å². The second-order valence-corrected chi connectivity index (χ2v) is 7.58. The molecule has 0 aliphatic heterocycles. The van der Waals surface area contributed by atoms with Gasteiger partial charge in [0.25, 0.3) is 0 Å². The Balaban J connectivity index is 2.71. The molecule has 136 valence electrons. The molecule has 0 unspecified atom stereocenters. The first-order chi connectivity index (χ1) is 11.7. The van der Waals surface area contributed by atoms with E-state index >= 15 is 0 Å². The number of carboxylic acids is 1. The van der Waals surface area contributed by atoms with Crippen LogP contribution in [0.15, 0.2) is 32.6 Å². The van der Waals surface area contributed by atoms with Crippen LogP contribution in [0.1, 0.15) is 35.0 Å². The van der Waals surface area contributed by atoms with Gasteiger partial charge in [0.2, 0.25) is 10.0 Å². The summed E-state index contributed by atoms with van der Waals surface area (Å²) in [6, 6.07) is 3.40. The lowest BCUT2D eigenvalue weighted by Crippen LogP contribution is -2.20. The Morgan fingerprint density at radius 2 is 2.16 bits per heavy atom. The van der Waals surface area contributed by atoms with Gasteiger partial charge in [0.15, 0.2) is 0 Å². The topological polar surface area (TPSA) is 123 Å². The van der Waals surface area contributed by atoms with E-state index in [0.717, 1.165) is 0 Å². The van der Waals surface area contributed by atoms with Crippen molar-refractivity contribution in [3.63, 3.8) is 0 Å². The minimum absolute atomic E-state index is 0.00509. The lowest BCUT2D eigenvalue weighted by molar-refractivity contribution is 0.0696. The molecule has 1 aromatic heterocycles. The van der Waals surface area contributed by atoms with Gasteiger partial charge in [-0.1, -0.05) is 24.9 Å². The fraction of sp³-hybridized carbons (Fsp3) is 0.267. The van der Waals surface area contributed by atoms with Gasteiger partial charge in [-0.25, -0.2) is 18.4 Å². The van der Waals surface area contributed by atoms with Crippen molar-refractivity contribution in [2.45, 2.75) is 36.1 Å². The molecule has 0 aliphatic carbocycles. The molecule has 0 spiro atoms. The summed E-state index contributed by atoms with van der Waals surface area (Å²) in [4.78, 5) is 11.4. The van der Waals surface area contributed by atoms with E-state index in [1.54, 1.807) is 19.1 Å². The van der Waals surface area contributed by atoms with Crippen LogP contribution < -0.4 is 10.5 Å². The van der Waals surface area contributed by atoms with Crippen LogP contribution in [0, 0.1) is 0 Å². The Morgan fingerprint density at radius 1 is 1.48 bits per heavy atom. The molecule has 4 N–H and O–H groups in total. The summed E-state index contributed by atoms with van der Waals surface area (Å²) in [5.41, 5.74) is -0.0397. The standard InChI is InChI=1S/C15H17ClN2O5S2/c1-2-4-9-10(15(19)20)12(18-7-8-5-3-6-23-8)13(24)11(16)14(9)25(17,21)22/h3,5-6,18,24H,2,4,7H2,1H3,(H,19,20)(H2,17,21,22). The minimum Gasteiger partial charge on any atom is -0.478 e. The molecule has 1 aromatic carbocycles. The Kier molecular flexibility index (Phi) is 6.04. The molecular weight excluding hydrogens is 388 g/mol. The third kappa shape index (κ3) is 4.12. The van der Waals surface area contributed by atoms with E-state index in [1.165, 1.54) is 6.26 Å². The molecule has 25 heavy (non-hydrogen) atoms. The maximum Gasteiger partial charge on any atom is 0.338 e. The van der Waals surface area contributed by atoms with Crippen LogP contribution in [0.3, 0.4) is 0 Å². The van der Waals surface area contributed by atoms with E-state index in [4.69, 9.17) is 21.2 Å². The molecule has 10 heteroatoms. The number of nitrogens with one attached hydrogen (secondary N) is 1. The van der Waals surface area contributed by atoms with E-state index in [1.807, 2.05) is 0 Å². The van der Waals surface area contributed by atoms with Crippen molar-refractivity contribution >= 4 is 45.9 Å². The average molecular weight is 405 g/mol. The Hall–Kier alpha value is -1.68. The van der Waals surface area contributed by atoms with Crippen molar-refractivity contribution < 1.29 is 22.7 Å². The van der Waals surface area contributed by atoms with Gasteiger partial charge in [-0.3, -0.25) is 0 Å². The summed E-state index contributed by atoms with van der Waals surface area (Å²) >= 11 is 10.4. The largest absolute Gasteiger partial charge is 0.478 e. The molecule has 0 radical (unpaired) electrons. The van der Waals surface area contributed by atoms with Gasteiger partial charge in [-0.15, -0.1) is 12.6 Å². The van der Waals surface area contributed by atoms with Gasteiger partial charge < -0.3 is 14.8 Å². The highest BCUT2D eigenvalue weighted by molar-refractivity contribution is 7.89. The number of anilines is 1. The summed E-state index contributed by atoms with van der Waals surface area (Å²) in [5, 5.41) is 17.6. The zero-order chi connectivity index (χ0) is 18.8. The van der Waals surface area contributed by atoms with Crippen LogP contribution in [-0.4, -0.2) is 19.5 Å². The highest BCUT2D eigenvalue weighted by atomic mass is 35.5. The molecular formula is C15H17ClN2O5S2. The smallest absolute Gasteiger partial charge is 0.338 e. The number of rotatable bonds is 7. The molecule has 1 heterocycles. The predicted molar refractivity (Wildman–Crippen MR) is 97.1 cm³/mol. The number of halogens is 1. The Morgan fingerprint density at radius 3 is 2.64 bits per heavy atom. The lowest BCUT2D eigenvalue weighted by atomic mass is 10.0. The molecule has 0 aliphatic rings. The second-order valence-electron chi connectivity index (χ2n) is 5.25. The highest BCUT2D eigenvalue weighted by Gasteiger charge is 2.30. The number of nitrogens with two attached hydrogens (primary N) is 1. The number of benzene rings is 1. The number of furan rings is 1. The van der Waals surface area contributed by atoms with Gasteiger partial charge in [0, 0.05) is 4.90 Å². The van der Waals surface area contributed by atoms with Crippen molar-refractivity contribution in [2.24, 2.45) is 5.14 Å². The first kappa shape index (κ1) is 19.6. The molecule has 2 rings (SSSR count). The zero-order valence-electron chi connectivity index (χ0n) is 13.2. The number of hydrogen-bond acceptors (Lipinski definition) is 6.